The fourth-order valence-corrected chi connectivity index (χ4v) is 1.18. The second-order valence-corrected chi connectivity index (χ2v) is 3.32. The number of halogens is 2. The molecule has 1 aromatic carbocycles. The quantitative estimate of drug-likeness (QED) is 0.801. The molecule has 60 valence electrons. The van der Waals surface area contributed by atoms with Crippen LogP contribution in [0, 0.1) is 0 Å². The summed E-state index contributed by atoms with van der Waals surface area (Å²) in [7, 11) is 0. The molecule has 2 nitrogen and oxygen atoms in total. The third kappa shape index (κ3) is 2.45. The average Bonchev–Trinajstić information content (AvgIpc) is 1.98. The van der Waals surface area contributed by atoms with Gasteiger partial charge < -0.3 is 0 Å². The molecule has 0 unspecified atom stereocenters. The molecule has 0 aliphatic heterocycles. The van der Waals surface area contributed by atoms with E-state index in [1.165, 1.54) is 0 Å². The fourth-order valence-electron chi connectivity index (χ4n) is 0.726. The number of nitrogens with two attached hydrogens (primary N) is 1. The van der Waals surface area contributed by atoms with Gasteiger partial charge in [0, 0.05) is 4.47 Å². The monoisotopic (exact) mass is 235 g/mol. The lowest BCUT2D eigenvalue weighted by atomic mass is 10.2. The van der Waals surface area contributed by atoms with Crippen LogP contribution in [0.4, 0.5) is 0 Å². The van der Waals surface area contributed by atoms with Crippen molar-refractivity contribution in [1.82, 2.24) is 0 Å². The second-order valence-electron chi connectivity index (χ2n) is 2.06. The second kappa shape index (κ2) is 4.07. The van der Waals surface area contributed by atoms with Crippen molar-refractivity contribution in [3.63, 3.8) is 0 Å². The van der Waals surface area contributed by atoms with Crippen LogP contribution in [-0.2, 0) is 11.4 Å². The first-order valence-corrected chi connectivity index (χ1v) is 4.16. The Hall–Kier alpha value is -0.0900. The van der Waals surface area contributed by atoms with Crippen molar-refractivity contribution in [3.8, 4) is 0 Å². The van der Waals surface area contributed by atoms with E-state index in [1.807, 2.05) is 12.1 Å². The minimum atomic E-state index is 0.382. The van der Waals surface area contributed by atoms with E-state index >= 15 is 0 Å². The standard InChI is InChI=1S/C7H7BrClNO/c8-6-2-1-5(4-11-10)3-7(6)9/h1-3H,4,10H2. The highest BCUT2D eigenvalue weighted by molar-refractivity contribution is 9.10. The van der Waals surface area contributed by atoms with E-state index in [0.29, 0.717) is 11.6 Å². The van der Waals surface area contributed by atoms with Crippen molar-refractivity contribution in [1.29, 1.82) is 0 Å². The molecule has 0 saturated heterocycles. The SMILES string of the molecule is NOCc1ccc(Br)c(Cl)c1. The summed E-state index contributed by atoms with van der Waals surface area (Å²) in [4.78, 5) is 4.45. The van der Waals surface area contributed by atoms with E-state index in [0.717, 1.165) is 10.0 Å². The molecule has 0 fully saturated rings. The predicted octanol–water partition coefficient (Wildman–Crippen LogP) is 2.49. The van der Waals surface area contributed by atoms with E-state index in [9.17, 15) is 0 Å². The van der Waals surface area contributed by atoms with Gasteiger partial charge in [0.2, 0.25) is 0 Å². The zero-order valence-electron chi connectivity index (χ0n) is 5.68. The van der Waals surface area contributed by atoms with Crippen LogP contribution < -0.4 is 5.90 Å². The maximum absolute atomic E-state index is 5.81. The van der Waals surface area contributed by atoms with Gasteiger partial charge >= 0.3 is 0 Å². The molecule has 0 aliphatic carbocycles. The average molecular weight is 236 g/mol. The highest BCUT2D eigenvalue weighted by atomic mass is 79.9. The highest BCUT2D eigenvalue weighted by Gasteiger charge is 1.97. The Bertz CT molecular complexity index is 254. The first kappa shape index (κ1) is 9.00. The van der Waals surface area contributed by atoms with E-state index in [1.54, 1.807) is 6.07 Å². The summed E-state index contributed by atoms with van der Waals surface area (Å²) < 4.78 is 0.875. The van der Waals surface area contributed by atoms with Crippen LogP contribution in [0.5, 0.6) is 0 Å². The molecule has 4 heteroatoms. The molecular formula is C7H7BrClNO. The summed E-state index contributed by atoms with van der Waals surface area (Å²) in [5, 5.41) is 0.666. The van der Waals surface area contributed by atoms with Gasteiger partial charge in [0.05, 0.1) is 11.6 Å². The van der Waals surface area contributed by atoms with Gasteiger partial charge in [-0.25, -0.2) is 5.90 Å². The van der Waals surface area contributed by atoms with Crippen molar-refractivity contribution in [2.45, 2.75) is 6.61 Å². The van der Waals surface area contributed by atoms with Gasteiger partial charge in [-0.1, -0.05) is 17.7 Å². The van der Waals surface area contributed by atoms with Crippen LogP contribution >= 0.6 is 27.5 Å². The summed E-state index contributed by atoms with van der Waals surface area (Å²) in [5.41, 5.74) is 0.959. The van der Waals surface area contributed by atoms with Crippen LogP contribution in [0.1, 0.15) is 5.56 Å². The molecule has 0 heterocycles. The van der Waals surface area contributed by atoms with Gasteiger partial charge in [-0.3, -0.25) is 4.84 Å². The van der Waals surface area contributed by atoms with Gasteiger partial charge in [0.15, 0.2) is 0 Å². The smallest absolute Gasteiger partial charge is 0.0930 e. The molecule has 0 spiro atoms. The molecule has 1 rings (SSSR count). The number of benzene rings is 1. The predicted molar refractivity (Wildman–Crippen MR) is 48.1 cm³/mol. The Balaban J connectivity index is 2.86. The summed E-state index contributed by atoms with van der Waals surface area (Å²) >= 11 is 9.08. The van der Waals surface area contributed by atoms with E-state index in [4.69, 9.17) is 17.5 Å². The third-order valence-corrected chi connectivity index (χ3v) is 2.47. The summed E-state index contributed by atoms with van der Waals surface area (Å²) in [6.07, 6.45) is 0. The minimum absolute atomic E-state index is 0.382. The van der Waals surface area contributed by atoms with Gasteiger partial charge in [-0.15, -0.1) is 0 Å². The Morgan fingerprint density at radius 2 is 2.27 bits per heavy atom. The summed E-state index contributed by atoms with van der Waals surface area (Å²) in [6, 6.07) is 5.55. The minimum Gasteiger partial charge on any atom is -0.300 e. The van der Waals surface area contributed by atoms with Crippen LogP contribution in [0.3, 0.4) is 0 Å². The van der Waals surface area contributed by atoms with Crippen LogP contribution in [0.2, 0.25) is 5.02 Å². The van der Waals surface area contributed by atoms with Crippen molar-refractivity contribution in [2.24, 2.45) is 5.90 Å². The summed E-state index contributed by atoms with van der Waals surface area (Å²) in [6.45, 7) is 0.382. The first-order valence-electron chi connectivity index (χ1n) is 2.99. The van der Waals surface area contributed by atoms with Gasteiger partial charge in [-0.2, -0.15) is 0 Å². The van der Waals surface area contributed by atoms with Crippen LogP contribution in [-0.4, -0.2) is 0 Å². The molecule has 11 heavy (non-hydrogen) atoms. The lowest BCUT2D eigenvalue weighted by Gasteiger charge is -2.00. The van der Waals surface area contributed by atoms with Crippen molar-refractivity contribution >= 4 is 27.5 Å². The van der Waals surface area contributed by atoms with Gasteiger partial charge in [-0.05, 0) is 33.6 Å². The lowest BCUT2D eigenvalue weighted by molar-refractivity contribution is 0.124. The molecule has 0 bridgehead atoms. The van der Waals surface area contributed by atoms with Crippen LogP contribution in [0.25, 0.3) is 0 Å². The van der Waals surface area contributed by atoms with Gasteiger partial charge in [0.1, 0.15) is 0 Å². The Morgan fingerprint density at radius 1 is 1.55 bits per heavy atom. The number of rotatable bonds is 2. The van der Waals surface area contributed by atoms with Crippen LogP contribution in [0.15, 0.2) is 22.7 Å². The molecule has 0 radical (unpaired) electrons. The topological polar surface area (TPSA) is 35.2 Å². The van der Waals surface area contributed by atoms with E-state index < -0.39 is 0 Å². The van der Waals surface area contributed by atoms with Gasteiger partial charge in [0.25, 0.3) is 0 Å². The van der Waals surface area contributed by atoms with E-state index in [-0.39, 0.29) is 0 Å². The molecule has 0 aliphatic rings. The molecule has 0 saturated carbocycles. The lowest BCUT2D eigenvalue weighted by Crippen LogP contribution is -1.98. The molecule has 0 atom stereocenters. The first-order chi connectivity index (χ1) is 5.24. The van der Waals surface area contributed by atoms with Crippen molar-refractivity contribution in [3.05, 3.63) is 33.3 Å². The van der Waals surface area contributed by atoms with E-state index in [2.05, 4.69) is 20.8 Å². The third-order valence-electron chi connectivity index (χ3n) is 1.23. The Kier molecular flexibility index (Phi) is 3.33. The molecule has 0 aromatic heterocycles. The number of hydrogen-bond donors (Lipinski definition) is 1. The molecular weight excluding hydrogens is 229 g/mol. The highest BCUT2D eigenvalue weighted by Crippen LogP contribution is 2.23. The maximum atomic E-state index is 5.81. The fraction of sp³-hybridized carbons (Fsp3) is 0.143. The zero-order valence-corrected chi connectivity index (χ0v) is 8.02. The molecule has 0 amide bonds. The number of hydrogen-bond acceptors (Lipinski definition) is 2. The molecule has 1 aromatic rings. The largest absolute Gasteiger partial charge is 0.300 e. The normalized spacial score (nSPS) is 10.1. The maximum Gasteiger partial charge on any atom is 0.0930 e. The van der Waals surface area contributed by atoms with Crippen molar-refractivity contribution < 1.29 is 4.84 Å². The zero-order chi connectivity index (χ0) is 8.27. The van der Waals surface area contributed by atoms with Crippen molar-refractivity contribution in [2.75, 3.05) is 0 Å². The Morgan fingerprint density at radius 3 is 2.82 bits per heavy atom. The summed E-state index contributed by atoms with van der Waals surface area (Å²) in [5.74, 6) is 4.89. The Labute approximate surface area is 78.4 Å². The molecule has 2 N–H and O–H groups in total.